The molecule has 0 amide bonds. The van der Waals surface area contributed by atoms with Gasteiger partial charge in [-0.3, -0.25) is 4.57 Å². The summed E-state index contributed by atoms with van der Waals surface area (Å²) in [5.74, 6) is 0.633. The normalized spacial score (nSPS) is 12.1. The molecule has 0 saturated carbocycles. The van der Waals surface area contributed by atoms with Gasteiger partial charge in [0.2, 0.25) is 5.95 Å². The summed E-state index contributed by atoms with van der Waals surface area (Å²) in [6, 6.07) is 76.6. The van der Waals surface area contributed by atoms with Gasteiger partial charge in [0.1, 0.15) is 0 Å². The molecule has 5 heteroatoms. The number of rotatable bonds is 5. The minimum absolute atomic E-state index is 0.633. The lowest BCUT2D eigenvalue weighted by Crippen LogP contribution is -2.04. The largest absolute Gasteiger partial charge is 0.309 e. The summed E-state index contributed by atoms with van der Waals surface area (Å²) in [6.45, 7) is 0. The molecule has 0 bridgehead atoms. The summed E-state index contributed by atoms with van der Waals surface area (Å²) < 4.78 is 7.15. The fourth-order valence-corrected chi connectivity index (χ4v) is 10.4. The van der Waals surface area contributed by atoms with E-state index in [9.17, 15) is 0 Å². The number of benzene rings is 10. The van der Waals surface area contributed by atoms with Crippen LogP contribution in [0.4, 0.5) is 0 Å². The van der Waals surface area contributed by atoms with E-state index < -0.39 is 0 Å². The first-order valence-corrected chi connectivity index (χ1v) is 21.5. The topological polar surface area (TPSA) is 40.6 Å². The molecule has 0 aliphatic heterocycles. The lowest BCUT2D eigenvalue weighted by Gasteiger charge is -2.14. The molecule has 0 atom stereocenters. The van der Waals surface area contributed by atoms with Gasteiger partial charge in [-0.1, -0.05) is 158 Å². The van der Waals surface area contributed by atoms with Gasteiger partial charge in [0.25, 0.3) is 0 Å². The Balaban J connectivity index is 1.10. The first-order chi connectivity index (χ1) is 31.2. The van der Waals surface area contributed by atoms with Gasteiger partial charge in [0.15, 0.2) is 0 Å². The second-order valence-electron chi connectivity index (χ2n) is 16.6. The van der Waals surface area contributed by atoms with Crippen LogP contribution >= 0.6 is 0 Å². The fourth-order valence-electron chi connectivity index (χ4n) is 10.4. The van der Waals surface area contributed by atoms with E-state index in [1.54, 1.807) is 0 Å². The van der Waals surface area contributed by atoms with Crippen LogP contribution in [0.2, 0.25) is 0 Å². The summed E-state index contributed by atoms with van der Waals surface area (Å²) in [4.78, 5) is 11.0. The van der Waals surface area contributed by atoms with Gasteiger partial charge < -0.3 is 9.13 Å². The molecular formula is C58H35N5. The quantitative estimate of drug-likeness (QED) is 0.163. The van der Waals surface area contributed by atoms with Gasteiger partial charge in [0, 0.05) is 54.6 Å². The Bertz CT molecular complexity index is 3840. The maximum absolute atomic E-state index is 5.60. The molecule has 0 aliphatic rings. The second kappa shape index (κ2) is 13.0. The van der Waals surface area contributed by atoms with Gasteiger partial charge in [-0.2, -0.15) is 0 Å². The van der Waals surface area contributed by atoms with Crippen molar-refractivity contribution in [2.24, 2.45) is 0 Å². The SMILES string of the molecule is c1ccc(-c2ccc(-c3nc(-n4c5cc(-n6c7ccccc7c7ccccc76)cc6ccc7cc(-n8c9ccccc9c9ccccc98)cc4c7c65)nc4ccccc34)cc2)cc1. The van der Waals surface area contributed by atoms with E-state index in [0.29, 0.717) is 5.95 Å². The number of fused-ring (bicyclic) bond motifs is 7. The van der Waals surface area contributed by atoms with Crippen molar-refractivity contribution in [3.05, 3.63) is 212 Å². The van der Waals surface area contributed by atoms with E-state index in [0.717, 1.165) is 44.6 Å². The van der Waals surface area contributed by atoms with Crippen LogP contribution in [0.1, 0.15) is 0 Å². The Kier molecular flexibility index (Phi) is 7.05. The molecule has 5 nitrogen and oxygen atoms in total. The van der Waals surface area contributed by atoms with Crippen LogP contribution in [-0.2, 0) is 0 Å². The number of nitrogens with zero attached hydrogens (tertiary/aromatic N) is 5. The molecule has 4 heterocycles. The molecule has 14 aromatic rings. The molecule has 63 heavy (non-hydrogen) atoms. The van der Waals surface area contributed by atoms with Gasteiger partial charge >= 0.3 is 0 Å². The molecule has 0 fully saturated rings. The number of hydrogen-bond acceptors (Lipinski definition) is 2. The van der Waals surface area contributed by atoms with Crippen LogP contribution in [0.3, 0.4) is 0 Å². The lowest BCUT2D eigenvalue weighted by atomic mass is 10.0. The summed E-state index contributed by atoms with van der Waals surface area (Å²) in [7, 11) is 0. The Morgan fingerprint density at radius 1 is 0.286 bits per heavy atom. The molecule has 4 aromatic heterocycles. The molecule has 0 radical (unpaired) electrons. The fraction of sp³-hybridized carbons (Fsp3) is 0. The van der Waals surface area contributed by atoms with Crippen molar-refractivity contribution >= 4 is 87.1 Å². The highest BCUT2D eigenvalue weighted by Gasteiger charge is 2.24. The Morgan fingerprint density at radius 2 is 0.698 bits per heavy atom. The summed E-state index contributed by atoms with van der Waals surface area (Å²) in [6.07, 6.45) is 0. The molecule has 0 N–H and O–H groups in total. The number of hydrogen-bond donors (Lipinski definition) is 0. The van der Waals surface area contributed by atoms with Crippen LogP contribution in [0, 0.1) is 0 Å². The predicted molar refractivity (Wildman–Crippen MR) is 262 cm³/mol. The third-order valence-electron chi connectivity index (χ3n) is 13.2. The number of aromatic nitrogens is 5. The first-order valence-electron chi connectivity index (χ1n) is 21.5. The maximum atomic E-state index is 5.60. The zero-order valence-electron chi connectivity index (χ0n) is 33.9. The highest BCUT2D eigenvalue weighted by atomic mass is 15.2. The van der Waals surface area contributed by atoms with E-state index in [4.69, 9.17) is 9.97 Å². The van der Waals surface area contributed by atoms with E-state index >= 15 is 0 Å². The van der Waals surface area contributed by atoms with Crippen molar-refractivity contribution in [3.63, 3.8) is 0 Å². The molecule has 0 unspecified atom stereocenters. The van der Waals surface area contributed by atoms with E-state index in [-0.39, 0.29) is 0 Å². The summed E-state index contributed by atoms with van der Waals surface area (Å²) >= 11 is 0. The first kappa shape index (κ1) is 34.2. The highest BCUT2D eigenvalue weighted by molar-refractivity contribution is 6.25. The van der Waals surface area contributed by atoms with E-state index in [2.05, 4.69) is 226 Å². The molecule has 10 aromatic carbocycles. The van der Waals surface area contributed by atoms with Crippen molar-refractivity contribution in [3.8, 4) is 39.7 Å². The molecule has 0 saturated heterocycles. The van der Waals surface area contributed by atoms with Gasteiger partial charge in [-0.05, 0) is 76.5 Å². The van der Waals surface area contributed by atoms with Crippen molar-refractivity contribution in [1.82, 2.24) is 23.7 Å². The molecule has 0 spiro atoms. The van der Waals surface area contributed by atoms with E-state index in [1.165, 1.54) is 76.3 Å². The monoisotopic (exact) mass is 801 g/mol. The standard InChI is InChI=1S/C58H35N5/c1-2-14-36(15-3-1)37-26-28-38(29-27-37)57-47-20-4-9-21-48(47)59-58(60-57)63-53-34-41(61-49-22-10-5-16-43(49)44-17-6-11-23-50(44)61)32-39-30-31-40-33-42(35-54(63)56(40)55(39)53)62-51-24-12-7-18-45(51)46-19-8-13-25-52(46)62/h1-35H. The number of para-hydroxylation sites is 5. The van der Waals surface area contributed by atoms with Crippen LogP contribution in [0.25, 0.3) is 127 Å². The highest BCUT2D eigenvalue weighted by Crippen LogP contribution is 2.44. The van der Waals surface area contributed by atoms with Gasteiger partial charge in [-0.25, -0.2) is 9.97 Å². The van der Waals surface area contributed by atoms with Crippen LogP contribution < -0.4 is 0 Å². The average Bonchev–Trinajstić information content (AvgIpc) is 3.99. The predicted octanol–water partition coefficient (Wildman–Crippen LogP) is 14.8. The van der Waals surface area contributed by atoms with E-state index in [1.807, 2.05) is 0 Å². The maximum Gasteiger partial charge on any atom is 0.235 e. The van der Waals surface area contributed by atoms with Crippen LogP contribution in [-0.4, -0.2) is 23.7 Å². The molecule has 0 aliphatic carbocycles. The Morgan fingerprint density at radius 3 is 1.21 bits per heavy atom. The zero-order valence-corrected chi connectivity index (χ0v) is 33.9. The minimum Gasteiger partial charge on any atom is -0.309 e. The summed E-state index contributed by atoms with van der Waals surface area (Å²) in [5, 5.41) is 10.7. The Hall–Kier alpha value is -8.54. The molecule has 14 rings (SSSR count). The van der Waals surface area contributed by atoms with Crippen molar-refractivity contribution in [2.45, 2.75) is 0 Å². The Labute approximate surface area is 361 Å². The third kappa shape index (κ3) is 4.93. The van der Waals surface area contributed by atoms with Crippen LogP contribution in [0.5, 0.6) is 0 Å². The van der Waals surface area contributed by atoms with Gasteiger partial charge in [-0.15, -0.1) is 0 Å². The zero-order chi connectivity index (χ0) is 41.2. The van der Waals surface area contributed by atoms with Crippen molar-refractivity contribution < 1.29 is 0 Å². The molecule has 292 valence electrons. The van der Waals surface area contributed by atoms with Crippen molar-refractivity contribution in [1.29, 1.82) is 0 Å². The van der Waals surface area contributed by atoms with Crippen molar-refractivity contribution in [2.75, 3.05) is 0 Å². The lowest BCUT2D eigenvalue weighted by molar-refractivity contribution is 1.01. The van der Waals surface area contributed by atoms with Gasteiger partial charge in [0.05, 0.1) is 44.3 Å². The minimum atomic E-state index is 0.633. The second-order valence-corrected chi connectivity index (χ2v) is 16.6. The summed E-state index contributed by atoms with van der Waals surface area (Å²) in [5.41, 5.74) is 14.2. The smallest absolute Gasteiger partial charge is 0.235 e. The molecular weight excluding hydrogens is 767 g/mol. The van der Waals surface area contributed by atoms with Crippen LogP contribution in [0.15, 0.2) is 212 Å². The average molecular weight is 802 g/mol. The third-order valence-corrected chi connectivity index (χ3v) is 13.2.